The second-order valence-electron chi connectivity index (χ2n) is 4.77. The van der Waals surface area contributed by atoms with E-state index in [4.69, 9.17) is 0 Å². The van der Waals surface area contributed by atoms with Crippen LogP contribution in [-0.4, -0.2) is 43.3 Å². The van der Waals surface area contributed by atoms with E-state index in [-0.39, 0.29) is 0 Å². The molecule has 0 amide bonds. The second kappa shape index (κ2) is 5.66. The van der Waals surface area contributed by atoms with Crippen LogP contribution in [0.3, 0.4) is 0 Å². The fourth-order valence-corrected chi connectivity index (χ4v) is 1.74. The number of hydrogen-bond acceptors (Lipinski definition) is 2. The first-order chi connectivity index (χ1) is 6.58. The summed E-state index contributed by atoms with van der Waals surface area (Å²) in [6.07, 6.45) is 3.03. The third kappa shape index (κ3) is 5.55. The van der Waals surface area contributed by atoms with Gasteiger partial charge in [-0.2, -0.15) is 0 Å². The minimum Gasteiger partial charge on any atom is -0.317 e. The summed E-state index contributed by atoms with van der Waals surface area (Å²) >= 11 is 0. The zero-order chi connectivity index (χ0) is 10.4. The lowest BCUT2D eigenvalue weighted by Crippen LogP contribution is -2.36. The first kappa shape index (κ1) is 11.9. The Morgan fingerprint density at radius 3 is 2.29 bits per heavy atom. The van der Waals surface area contributed by atoms with Crippen molar-refractivity contribution in [1.82, 2.24) is 10.2 Å². The van der Waals surface area contributed by atoms with Crippen molar-refractivity contribution in [2.24, 2.45) is 0 Å². The first-order valence-corrected chi connectivity index (χ1v) is 5.70. The first-order valence-electron chi connectivity index (χ1n) is 5.70. The van der Waals surface area contributed by atoms with Crippen LogP contribution >= 0.6 is 0 Å². The molecule has 1 N–H and O–H groups in total. The quantitative estimate of drug-likeness (QED) is 0.751. The van der Waals surface area contributed by atoms with Crippen molar-refractivity contribution in [2.45, 2.75) is 38.8 Å². The van der Waals surface area contributed by atoms with E-state index >= 15 is 0 Å². The highest BCUT2D eigenvalue weighted by Gasteiger charge is 2.17. The van der Waals surface area contributed by atoms with Crippen LogP contribution < -0.4 is 5.32 Å². The van der Waals surface area contributed by atoms with Gasteiger partial charge in [-0.3, -0.25) is 0 Å². The average molecular weight is 202 g/mol. The van der Waals surface area contributed by atoms with Gasteiger partial charge in [-0.25, -0.2) is 4.39 Å². The molecule has 0 spiro atoms. The molecule has 1 rings (SSSR count). The van der Waals surface area contributed by atoms with Crippen molar-refractivity contribution in [3.05, 3.63) is 0 Å². The number of alkyl halides is 1. The summed E-state index contributed by atoms with van der Waals surface area (Å²) < 4.78 is 13.3. The number of rotatable bonds is 3. The molecule has 0 aromatic carbocycles. The molecule has 2 nitrogen and oxygen atoms in total. The van der Waals surface area contributed by atoms with Gasteiger partial charge in [0.25, 0.3) is 0 Å². The van der Waals surface area contributed by atoms with Gasteiger partial charge in [-0.1, -0.05) is 0 Å². The van der Waals surface area contributed by atoms with E-state index in [2.05, 4.69) is 10.2 Å². The lowest BCUT2D eigenvalue weighted by atomic mass is 10.1. The fraction of sp³-hybridized carbons (Fsp3) is 1.00. The van der Waals surface area contributed by atoms with Gasteiger partial charge < -0.3 is 10.2 Å². The SMILES string of the molecule is CC(C)(F)CCN1CCCNCCC1. The summed E-state index contributed by atoms with van der Waals surface area (Å²) in [4.78, 5) is 2.39. The Morgan fingerprint density at radius 2 is 1.79 bits per heavy atom. The van der Waals surface area contributed by atoms with Crippen LogP contribution in [0.15, 0.2) is 0 Å². The molecule has 0 unspecified atom stereocenters. The summed E-state index contributed by atoms with van der Waals surface area (Å²) in [5.74, 6) is 0. The van der Waals surface area contributed by atoms with Gasteiger partial charge in [0.15, 0.2) is 0 Å². The topological polar surface area (TPSA) is 15.3 Å². The Kier molecular flexibility index (Phi) is 4.82. The summed E-state index contributed by atoms with van der Waals surface area (Å²) in [6.45, 7) is 8.68. The Bertz CT molecular complexity index is 146. The zero-order valence-corrected chi connectivity index (χ0v) is 9.48. The van der Waals surface area contributed by atoms with Crippen molar-refractivity contribution in [2.75, 3.05) is 32.7 Å². The third-order valence-electron chi connectivity index (χ3n) is 2.68. The molecule has 3 heteroatoms. The molecule has 1 saturated heterocycles. The van der Waals surface area contributed by atoms with Gasteiger partial charge >= 0.3 is 0 Å². The van der Waals surface area contributed by atoms with Crippen LogP contribution in [0.5, 0.6) is 0 Å². The van der Waals surface area contributed by atoms with Gasteiger partial charge in [0.1, 0.15) is 5.67 Å². The number of hydrogen-bond donors (Lipinski definition) is 1. The minimum atomic E-state index is -1.01. The van der Waals surface area contributed by atoms with Crippen LogP contribution in [0.2, 0.25) is 0 Å². The molecule has 1 aliphatic heterocycles. The van der Waals surface area contributed by atoms with Gasteiger partial charge in [0, 0.05) is 6.54 Å². The molecule has 0 saturated carbocycles. The molecule has 0 aromatic rings. The van der Waals surface area contributed by atoms with Crippen molar-refractivity contribution < 1.29 is 4.39 Å². The Balaban J connectivity index is 2.20. The number of nitrogens with one attached hydrogen (secondary N) is 1. The van der Waals surface area contributed by atoms with Crippen LogP contribution in [0.25, 0.3) is 0 Å². The maximum absolute atomic E-state index is 13.3. The molecule has 1 heterocycles. The van der Waals surface area contributed by atoms with E-state index in [9.17, 15) is 4.39 Å². The number of nitrogens with zero attached hydrogens (tertiary/aromatic N) is 1. The van der Waals surface area contributed by atoms with Gasteiger partial charge in [0.2, 0.25) is 0 Å². The maximum atomic E-state index is 13.3. The molecule has 0 aromatic heterocycles. The van der Waals surface area contributed by atoms with E-state index < -0.39 is 5.67 Å². The van der Waals surface area contributed by atoms with Crippen molar-refractivity contribution >= 4 is 0 Å². The van der Waals surface area contributed by atoms with E-state index in [0.29, 0.717) is 6.42 Å². The van der Waals surface area contributed by atoms with Crippen LogP contribution in [0.1, 0.15) is 33.1 Å². The molecule has 1 fully saturated rings. The normalized spacial score (nSPS) is 21.6. The van der Waals surface area contributed by atoms with Crippen molar-refractivity contribution in [1.29, 1.82) is 0 Å². The van der Waals surface area contributed by atoms with E-state index in [0.717, 1.165) is 32.7 Å². The summed E-state index contributed by atoms with van der Waals surface area (Å²) in [5.41, 5.74) is -1.01. The molecule has 1 aliphatic rings. The highest BCUT2D eigenvalue weighted by Crippen LogP contribution is 2.14. The smallest absolute Gasteiger partial charge is 0.106 e. The third-order valence-corrected chi connectivity index (χ3v) is 2.68. The summed E-state index contributed by atoms with van der Waals surface area (Å²) in [5, 5.41) is 3.38. The lowest BCUT2D eigenvalue weighted by molar-refractivity contribution is 0.156. The predicted octanol–water partition coefficient (Wildman–Crippen LogP) is 1.81. The average Bonchev–Trinajstić information content (AvgIpc) is 2.00. The largest absolute Gasteiger partial charge is 0.317 e. The van der Waals surface area contributed by atoms with Crippen LogP contribution in [-0.2, 0) is 0 Å². The van der Waals surface area contributed by atoms with Crippen molar-refractivity contribution in [3.63, 3.8) is 0 Å². The molecule has 0 aliphatic carbocycles. The molecule has 0 radical (unpaired) electrons. The van der Waals surface area contributed by atoms with Crippen LogP contribution in [0, 0.1) is 0 Å². The lowest BCUT2D eigenvalue weighted by Gasteiger charge is -2.26. The second-order valence-corrected chi connectivity index (χ2v) is 4.77. The molecule has 0 atom stereocenters. The Morgan fingerprint density at radius 1 is 1.21 bits per heavy atom. The monoisotopic (exact) mass is 202 g/mol. The van der Waals surface area contributed by atoms with E-state index in [1.54, 1.807) is 13.8 Å². The molecule has 0 bridgehead atoms. The summed E-state index contributed by atoms with van der Waals surface area (Å²) in [6, 6.07) is 0. The highest BCUT2D eigenvalue weighted by atomic mass is 19.1. The zero-order valence-electron chi connectivity index (χ0n) is 9.48. The molecular weight excluding hydrogens is 179 g/mol. The summed E-state index contributed by atoms with van der Waals surface area (Å²) in [7, 11) is 0. The van der Waals surface area contributed by atoms with E-state index in [1.165, 1.54) is 12.8 Å². The Hall–Kier alpha value is -0.150. The molecular formula is C11H23FN2. The van der Waals surface area contributed by atoms with Gasteiger partial charge in [-0.05, 0) is 59.3 Å². The Labute approximate surface area is 86.9 Å². The van der Waals surface area contributed by atoms with Gasteiger partial charge in [-0.15, -0.1) is 0 Å². The van der Waals surface area contributed by atoms with Gasteiger partial charge in [0.05, 0.1) is 0 Å². The molecule has 84 valence electrons. The fourth-order valence-electron chi connectivity index (χ4n) is 1.74. The van der Waals surface area contributed by atoms with Crippen molar-refractivity contribution in [3.8, 4) is 0 Å². The van der Waals surface area contributed by atoms with E-state index in [1.807, 2.05) is 0 Å². The minimum absolute atomic E-state index is 0.653. The highest BCUT2D eigenvalue weighted by molar-refractivity contribution is 4.71. The number of halogens is 1. The predicted molar refractivity (Wildman–Crippen MR) is 58.3 cm³/mol. The molecule has 14 heavy (non-hydrogen) atoms. The standard InChI is InChI=1S/C11H23FN2/c1-11(2,12)5-10-14-8-3-6-13-7-4-9-14/h13H,3-10H2,1-2H3. The van der Waals surface area contributed by atoms with Crippen LogP contribution in [0.4, 0.5) is 4.39 Å². The maximum Gasteiger partial charge on any atom is 0.106 e.